The largest absolute Gasteiger partial charge is 0.490 e. The highest BCUT2D eigenvalue weighted by molar-refractivity contribution is 7.92. The van der Waals surface area contributed by atoms with E-state index in [0.29, 0.717) is 5.02 Å². The molecule has 11 heteroatoms. The summed E-state index contributed by atoms with van der Waals surface area (Å²) in [5, 5.41) is 0.359. The highest BCUT2D eigenvalue weighted by atomic mass is 35.5. The molecule has 1 saturated carbocycles. The first kappa shape index (κ1) is 27.7. The van der Waals surface area contributed by atoms with Crippen molar-refractivity contribution in [3.63, 3.8) is 0 Å². The van der Waals surface area contributed by atoms with E-state index in [0.717, 1.165) is 51.0 Å². The number of halogens is 3. The molecule has 5 atom stereocenters. The number of likely N-dealkylation sites (tertiary alicyclic amines) is 1. The Balaban J connectivity index is 1.30. The summed E-state index contributed by atoms with van der Waals surface area (Å²) in [6.07, 6.45) is 2.28. The molecule has 3 heterocycles. The summed E-state index contributed by atoms with van der Waals surface area (Å²) in [6, 6.07) is 7.79. The molecule has 3 aliphatic heterocycles. The van der Waals surface area contributed by atoms with Crippen molar-refractivity contribution in [1.29, 1.82) is 0 Å². The van der Waals surface area contributed by atoms with Crippen molar-refractivity contribution < 1.29 is 31.5 Å². The Morgan fingerprint density at radius 1 is 1.07 bits per heavy atom. The second-order valence-electron chi connectivity index (χ2n) is 11.4. The molecule has 1 amide bonds. The Morgan fingerprint density at radius 2 is 1.75 bits per heavy atom. The van der Waals surface area contributed by atoms with Crippen molar-refractivity contribution in [2.45, 2.75) is 73.3 Å². The maximum atomic E-state index is 15.5. The van der Waals surface area contributed by atoms with E-state index in [1.54, 1.807) is 0 Å². The molecule has 2 aromatic carbocycles. The van der Waals surface area contributed by atoms with Crippen LogP contribution in [0.1, 0.15) is 51.0 Å². The van der Waals surface area contributed by atoms with Gasteiger partial charge in [-0.15, -0.1) is 0 Å². The third-order valence-electron chi connectivity index (χ3n) is 9.13. The number of rotatable bonds is 5. The Morgan fingerprint density at radius 3 is 2.42 bits per heavy atom. The molecule has 0 aromatic heterocycles. The Kier molecular flexibility index (Phi) is 7.24. The van der Waals surface area contributed by atoms with E-state index >= 15 is 4.39 Å². The van der Waals surface area contributed by atoms with Gasteiger partial charge in [-0.25, -0.2) is 22.0 Å². The van der Waals surface area contributed by atoms with Gasteiger partial charge in [-0.1, -0.05) is 18.5 Å². The van der Waals surface area contributed by atoms with Gasteiger partial charge in [0.25, 0.3) is 0 Å². The van der Waals surface area contributed by atoms with Gasteiger partial charge < -0.3 is 9.47 Å². The van der Waals surface area contributed by atoms with Crippen LogP contribution in [-0.2, 0) is 19.3 Å². The number of nitrogens with zero attached hydrogens (tertiary/aromatic N) is 2. The maximum Gasteiger partial charge on any atom is 0.410 e. The average molecular weight is 595 g/mol. The fourth-order valence-electron chi connectivity index (χ4n) is 7.40. The number of carbonyl (C=O) groups is 1. The number of ether oxygens (including phenoxy) is 2. The minimum absolute atomic E-state index is 0.0321. The summed E-state index contributed by atoms with van der Waals surface area (Å²) in [4.78, 5) is 17.6. The zero-order valence-corrected chi connectivity index (χ0v) is 23.9. The second kappa shape index (κ2) is 10.4. The van der Waals surface area contributed by atoms with Crippen LogP contribution in [0.5, 0.6) is 5.75 Å². The third-order valence-corrected chi connectivity index (χ3v) is 12.0. The number of benzene rings is 2. The normalized spacial score (nSPS) is 29.9. The molecule has 4 aliphatic rings. The molecule has 6 rings (SSSR count). The van der Waals surface area contributed by atoms with E-state index < -0.39 is 38.2 Å². The lowest BCUT2D eigenvalue weighted by molar-refractivity contribution is -0.0121. The number of sulfone groups is 1. The van der Waals surface area contributed by atoms with Crippen LogP contribution in [-0.4, -0.2) is 68.7 Å². The maximum absolute atomic E-state index is 15.5. The third kappa shape index (κ3) is 4.38. The zero-order chi connectivity index (χ0) is 28.2. The SMILES string of the molecule is CCCN1CC2CCC(C1)N2C(=O)O[C@@H]1CC[C@@]2(S(=O)(=O)c3ccc(Cl)cc3)c3c(F)ccc(F)c3OC[C@H]2C1. The average Bonchev–Trinajstić information content (AvgIpc) is 3.21. The van der Waals surface area contributed by atoms with Gasteiger partial charge in [-0.2, -0.15) is 0 Å². The summed E-state index contributed by atoms with van der Waals surface area (Å²) in [6.45, 7) is 4.65. The zero-order valence-electron chi connectivity index (χ0n) is 22.3. The summed E-state index contributed by atoms with van der Waals surface area (Å²) in [5.74, 6) is -2.78. The second-order valence-corrected chi connectivity index (χ2v) is 14.1. The molecule has 2 bridgehead atoms. The van der Waals surface area contributed by atoms with E-state index in [4.69, 9.17) is 21.1 Å². The van der Waals surface area contributed by atoms with Crippen molar-refractivity contribution in [3.05, 3.63) is 58.6 Å². The molecule has 2 unspecified atom stereocenters. The highest BCUT2D eigenvalue weighted by Crippen LogP contribution is 2.57. The molecular formula is C29H33ClF2N2O5S. The van der Waals surface area contributed by atoms with Crippen LogP contribution in [0, 0.1) is 17.6 Å². The highest BCUT2D eigenvalue weighted by Gasteiger charge is 2.60. The monoisotopic (exact) mass is 594 g/mol. The van der Waals surface area contributed by atoms with Gasteiger partial charge in [0, 0.05) is 36.1 Å². The van der Waals surface area contributed by atoms with E-state index in [9.17, 15) is 17.6 Å². The predicted octanol–water partition coefficient (Wildman–Crippen LogP) is 5.54. The Labute approximate surface area is 238 Å². The van der Waals surface area contributed by atoms with E-state index in [2.05, 4.69) is 11.8 Å². The van der Waals surface area contributed by atoms with E-state index in [-0.39, 0.29) is 60.3 Å². The van der Waals surface area contributed by atoms with Crippen molar-refractivity contribution in [2.75, 3.05) is 26.2 Å². The molecule has 3 fully saturated rings. The van der Waals surface area contributed by atoms with Crippen molar-refractivity contribution in [1.82, 2.24) is 9.80 Å². The number of hydrogen-bond donors (Lipinski definition) is 0. The smallest absolute Gasteiger partial charge is 0.410 e. The number of piperazine rings is 1. The van der Waals surface area contributed by atoms with E-state index in [1.165, 1.54) is 24.3 Å². The van der Waals surface area contributed by atoms with Gasteiger partial charge in [0.2, 0.25) is 0 Å². The minimum atomic E-state index is -4.25. The van der Waals surface area contributed by atoms with Gasteiger partial charge in [-0.3, -0.25) is 9.80 Å². The fraction of sp³-hybridized carbons (Fsp3) is 0.552. The minimum Gasteiger partial charge on any atom is -0.490 e. The summed E-state index contributed by atoms with van der Waals surface area (Å²) >= 11 is 6.01. The fourth-order valence-corrected chi connectivity index (χ4v) is 9.89. The first-order chi connectivity index (χ1) is 19.2. The standard InChI is InChI=1S/C29H33ClF2N2O5S/c1-2-13-33-15-20-5-6-21(16-33)34(20)28(35)39-22-11-12-29(40(36,37)23-7-3-19(30)4-8-23)18(14-22)17-38-27-25(32)10-9-24(31)26(27)29/h3-4,7-10,18,20-22H,2,5-6,11-17H2,1H3/t18-,20?,21?,22-,29+/m1/s1. The van der Waals surface area contributed by atoms with Crippen LogP contribution in [0.25, 0.3) is 0 Å². The quantitative estimate of drug-likeness (QED) is 0.452. The van der Waals surface area contributed by atoms with Gasteiger partial charge >= 0.3 is 6.09 Å². The first-order valence-corrected chi connectivity index (χ1v) is 15.8. The summed E-state index contributed by atoms with van der Waals surface area (Å²) < 4.78 is 68.9. The molecule has 216 valence electrons. The van der Waals surface area contributed by atoms with Crippen LogP contribution >= 0.6 is 11.6 Å². The molecule has 0 radical (unpaired) electrons. The van der Waals surface area contributed by atoms with Gasteiger partial charge in [0.05, 0.1) is 17.1 Å². The van der Waals surface area contributed by atoms with Crippen LogP contribution < -0.4 is 4.74 Å². The van der Waals surface area contributed by atoms with Crippen molar-refractivity contribution in [2.24, 2.45) is 5.92 Å². The lowest BCUT2D eigenvalue weighted by atomic mass is 9.72. The van der Waals surface area contributed by atoms with Crippen molar-refractivity contribution in [3.8, 4) is 5.75 Å². The first-order valence-electron chi connectivity index (χ1n) is 14.0. The molecule has 1 aliphatic carbocycles. The van der Waals surface area contributed by atoms with Crippen molar-refractivity contribution >= 4 is 27.5 Å². The predicted molar refractivity (Wildman–Crippen MR) is 145 cm³/mol. The molecule has 2 aromatic rings. The molecule has 0 spiro atoms. The summed E-state index contributed by atoms with van der Waals surface area (Å²) in [5.41, 5.74) is -0.284. The van der Waals surface area contributed by atoms with Gasteiger partial charge in [-0.05, 0) is 81.5 Å². The molecule has 0 N–H and O–H groups in total. The Bertz CT molecular complexity index is 1390. The number of carbonyl (C=O) groups excluding carboxylic acids is 1. The van der Waals surface area contributed by atoms with Crippen LogP contribution in [0.2, 0.25) is 5.02 Å². The van der Waals surface area contributed by atoms with E-state index in [1.807, 2.05) is 4.90 Å². The molecule has 7 nitrogen and oxygen atoms in total. The molecular weight excluding hydrogens is 562 g/mol. The topological polar surface area (TPSA) is 76.2 Å². The van der Waals surface area contributed by atoms with Crippen LogP contribution in [0.3, 0.4) is 0 Å². The molecule has 2 saturated heterocycles. The Hall–Kier alpha value is -2.43. The number of amides is 1. The number of hydrogen-bond acceptors (Lipinski definition) is 6. The van der Waals surface area contributed by atoms with Crippen LogP contribution in [0.4, 0.5) is 13.6 Å². The van der Waals surface area contributed by atoms with Crippen LogP contribution in [0.15, 0.2) is 41.3 Å². The lowest BCUT2D eigenvalue weighted by Crippen LogP contribution is -2.57. The number of fused-ring (bicyclic) bond motifs is 5. The molecule has 40 heavy (non-hydrogen) atoms. The van der Waals surface area contributed by atoms with Gasteiger partial charge in [0.1, 0.15) is 16.7 Å². The van der Waals surface area contributed by atoms with Gasteiger partial charge in [0.15, 0.2) is 21.4 Å². The summed E-state index contributed by atoms with van der Waals surface area (Å²) in [7, 11) is -4.25. The lowest BCUT2D eigenvalue weighted by Gasteiger charge is -2.49.